The van der Waals surface area contributed by atoms with E-state index in [1.165, 1.54) is 7.11 Å². The molecule has 3 rings (SSSR count). The van der Waals surface area contributed by atoms with Crippen molar-refractivity contribution in [3.63, 3.8) is 0 Å². The van der Waals surface area contributed by atoms with E-state index in [0.29, 0.717) is 36.1 Å². The molecule has 0 aliphatic rings. The summed E-state index contributed by atoms with van der Waals surface area (Å²) in [7, 11) is 1.52. The Labute approximate surface area is 205 Å². The number of amides is 2. The van der Waals surface area contributed by atoms with Crippen LogP contribution in [0.25, 0.3) is 0 Å². The molecule has 35 heavy (non-hydrogen) atoms. The first-order valence-electron chi connectivity index (χ1n) is 11.3. The van der Waals surface area contributed by atoms with E-state index in [4.69, 9.17) is 18.9 Å². The largest absolute Gasteiger partial charge is 0.493 e. The third-order valence-corrected chi connectivity index (χ3v) is 4.90. The molecule has 0 aliphatic heterocycles. The summed E-state index contributed by atoms with van der Waals surface area (Å²) in [6, 6.07) is 20.1. The van der Waals surface area contributed by atoms with Crippen LogP contribution in [-0.2, 0) is 16.1 Å². The van der Waals surface area contributed by atoms with Gasteiger partial charge in [0.15, 0.2) is 24.7 Å². The van der Waals surface area contributed by atoms with Crippen molar-refractivity contribution < 1.29 is 28.5 Å². The van der Waals surface area contributed by atoms with Crippen LogP contribution in [-0.4, -0.2) is 38.7 Å². The van der Waals surface area contributed by atoms with E-state index in [1.54, 1.807) is 42.5 Å². The zero-order valence-electron chi connectivity index (χ0n) is 20.1. The monoisotopic (exact) mass is 478 g/mol. The van der Waals surface area contributed by atoms with E-state index in [-0.39, 0.29) is 25.0 Å². The first-order valence-corrected chi connectivity index (χ1v) is 11.3. The number of benzene rings is 3. The zero-order valence-corrected chi connectivity index (χ0v) is 20.1. The lowest BCUT2D eigenvalue weighted by Crippen LogP contribution is -2.28. The second-order valence-corrected chi connectivity index (χ2v) is 7.68. The van der Waals surface area contributed by atoms with Crippen LogP contribution in [0.2, 0.25) is 0 Å². The lowest BCUT2D eigenvalue weighted by Gasteiger charge is -2.13. The Hall–Kier alpha value is -4.20. The van der Waals surface area contributed by atoms with Gasteiger partial charge in [0.25, 0.3) is 11.8 Å². The molecule has 0 aliphatic carbocycles. The second-order valence-electron chi connectivity index (χ2n) is 7.68. The highest BCUT2D eigenvalue weighted by molar-refractivity contribution is 5.78. The maximum Gasteiger partial charge on any atom is 0.258 e. The molecule has 184 valence electrons. The van der Waals surface area contributed by atoms with Gasteiger partial charge in [0.05, 0.1) is 7.11 Å². The standard InChI is InChI=1S/C27H30N2O6/c1-4-28-26(30)18-34-24-14-7-20(15-25(24)32-3)16-29-27(31)17-33-21-10-12-23(13-11-21)35-22-8-5-19(2)6-9-22/h5-15H,4,16-18H2,1-3H3,(H,28,30)(H,29,31). The van der Waals surface area contributed by atoms with Gasteiger partial charge in [0.2, 0.25) is 0 Å². The quantitative estimate of drug-likeness (QED) is 0.409. The van der Waals surface area contributed by atoms with Crippen molar-refractivity contribution in [2.24, 2.45) is 0 Å². The smallest absolute Gasteiger partial charge is 0.258 e. The summed E-state index contributed by atoms with van der Waals surface area (Å²) in [6.07, 6.45) is 0. The van der Waals surface area contributed by atoms with Crippen LogP contribution in [0.15, 0.2) is 66.7 Å². The predicted octanol–water partition coefficient (Wildman–Crippen LogP) is 4.01. The van der Waals surface area contributed by atoms with Crippen molar-refractivity contribution in [2.45, 2.75) is 20.4 Å². The molecular formula is C27H30N2O6. The molecule has 3 aromatic carbocycles. The Bertz CT molecular complexity index is 1110. The van der Waals surface area contributed by atoms with E-state index in [1.807, 2.05) is 38.1 Å². The molecule has 0 saturated heterocycles. The zero-order chi connectivity index (χ0) is 25.0. The summed E-state index contributed by atoms with van der Waals surface area (Å²) >= 11 is 0. The summed E-state index contributed by atoms with van der Waals surface area (Å²) in [6.45, 7) is 4.46. The van der Waals surface area contributed by atoms with E-state index in [0.717, 1.165) is 16.9 Å². The minimum atomic E-state index is -0.263. The Morgan fingerprint density at radius 3 is 2.00 bits per heavy atom. The maximum absolute atomic E-state index is 12.2. The lowest BCUT2D eigenvalue weighted by molar-refractivity contribution is -0.123. The highest BCUT2D eigenvalue weighted by Gasteiger charge is 2.10. The third-order valence-electron chi connectivity index (χ3n) is 4.90. The van der Waals surface area contributed by atoms with Gasteiger partial charge in [-0.25, -0.2) is 0 Å². The van der Waals surface area contributed by atoms with Crippen molar-refractivity contribution in [1.29, 1.82) is 0 Å². The van der Waals surface area contributed by atoms with Crippen molar-refractivity contribution >= 4 is 11.8 Å². The highest BCUT2D eigenvalue weighted by Crippen LogP contribution is 2.28. The molecule has 0 fully saturated rings. The topological polar surface area (TPSA) is 95.1 Å². The Kier molecular flexibility index (Phi) is 9.36. The van der Waals surface area contributed by atoms with Crippen molar-refractivity contribution in [3.05, 3.63) is 77.9 Å². The van der Waals surface area contributed by atoms with Gasteiger partial charge in [-0.3, -0.25) is 9.59 Å². The number of ether oxygens (including phenoxy) is 4. The molecule has 0 unspecified atom stereocenters. The number of aryl methyl sites for hydroxylation is 1. The molecule has 0 aromatic heterocycles. The molecule has 8 heteroatoms. The van der Waals surface area contributed by atoms with Crippen LogP contribution in [0.4, 0.5) is 0 Å². The SMILES string of the molecule is CCNC(=O)COc1ccc(CNC(=O)COc2ccc(Oc3ccc(C)cc3)cc2)cc1OC. The maximum atomic E-state index is 12.2. The first-order chi connectivity index (χ1) is 17.0. The molecule has 0 saturated carbocycles. The van der Waals surface area contributed by atoms with Gasteiger partial charge >= 0.3 is 0 Å². The molecular weight excluding hydrogens is 448 g/mol. The van der Waals surface area contributed by atoms with Crippen molar-refractivity contribution in [1.82, 2.24) is 10.6 Å². The molecule has 8 nitrogen and oxygen atoms in total. The Morgan fingerprint density at radius 1 is 0.743 bits per heavy atom. The minimum Gasteiger partial charge on any atom is -0.493 e. The molecule has 0 bridgehead atoms. The lowest BCUT2D eigenvalue weighted by atomic mass is 10.2. The van der Waals surface area contributed by atoms with Crippen LogP contribution in [0.1, 0.15) is 18.1 Å². The van der Waals surface area contributed by atoms with Crippen LogP contribution in [0.3, 0.4) is 0 Å². The minimum absolute atomic E-state index is 0.101. The van der Waals surface area contributed by atoms with Crippen LogP contribution < -0.4 is 29.6 Å². The third kappa shape index (κ3) is 8.26. The van der Waals surface area contributed by atoms with E-state index < -0.39 is 0 Å². The summed E-state index contributed by atoms with van der Waals surface area (Å²) in [5, 5.41) is 5.47. The number of likely N-dealkylation sites (N-methyl/N-ethyl adjacent to an activating group) is 1. The van der Waals surface area contributed by atoms with Crippen LogP contribution in [0.5, 0.6) is 28.7 Å². The fraction of sp³-hybridized carbons (Fsp3) is 0.259. The van der Waals surface area contributed by atoms with Gasteiger partial charge in [0, 0.05) is 13.1 Å². The summed E-state index contributed by atoms with van der Waals surface area (Å²) in [5.41, 5.74) is 1.98. The summed E-state index contributed by atoms with van der Waals surface area (Å²) in [5.74, 6) is 2.45. The number of hydrogen-bond donors (Lipinski definition) is 2. The number of hydrogen-bond acceptors (Lipinski definition) is 6. The predicted molar refractivity (Wildman–Crippen MR) is 132 cm³/mol. The van der Waals surface area contributed by atoms with E-state index in [2.05, 4.69) is 10.6 Å². The number of methoxy groups -OCH3 is 1. The van der Waals surface area contributed by atoms with Crippen molar-refractivity contribution in [2.75, 3.05) is 26.9 Å². The van der Waals surface area contributed by atoms with Crippen LogP contribution in [0, 0.1) is 6.92 Å². The van der Waals surface area contributed by atoms with E-state index >= 15 is 0 Å². The number of carbonyl (C=O) groups is 2. The molecule has 3 aromatic rings. The average Bonchev–Trinajstić information content (AvgIpc) is 2.87. The van der Waals surface area contributed by atoms with Gasteiger partial charge in [-0.1, -0.05) is 23.8 Å². The highest BCUT2D eigenvalue weighted by atomic mass is 16.5. The number of rotatable bonds is 12. The molecule has 0 radical (unpaired) electrons. The molecule has 0 spiro atoms. The van der Waals surface area contributed by atoms with Gasteiger partial charge < -0.3 is 29.6 Å². The fourth-order valence-electron chi connectivity index (χ4n) is 3.08. The van der Waals surface area contributed by atoms with Gasteiger partial charge in [-0.15, -0.1) is 0 Å². The molecule has 0 atom stereocenters. The Morgan fingerprint density at radius 2 is 1.34 bits per heavy atom. The first kappa shape index (κ1) is 25.4. The average molecular weight is 479 g/mol. The molecule has 2 N–H and O–H groups in total. The summed E-state index contributed by atoms with van der Waals surface area (Å²) in [4.78, 5) is 23.8. The number of nitrogens with one attached hydrogen (secondary N) is 2. The van der Waals surface area contributed by atoms with Gasteiger partial charge in [0.1, 0.15) is 17.2 Å². The Balaban J connectivity index is 1.44. The summed E-state index contributed by atoms with van der Waals surface area (Å²) < 4.78 is 22.2. The van der Waals surface area contributed by atoms with Gasteiger partial charge in [-0.2, -0.15) is 0 Å². The fourth-order valence-corrected chi connectivity index (χ4v) is 3.08. The van der Waals surface area contributed by atoms with Crippen molar-refractivity contribution in [3.8, 4) is 28.7 Å². The molecule has 0 heterocycles. The molecule has 2 amide bonds. The van der Waals surface area contributed by atoms with Crippen LogP contribution >= 0.6 is 0 Å². The number of carbonyl (C=O) groups excluding carboxylic acids is 2. The second kappa shape index (κ2) is 12.9. The van der Waals surface area contributed by atoms with E-state index in [9.17, 15) is 9.59 Å². The normalized spacial score (nSPS) is 10.3. The van der Waals surface area contributed by atoms with Gasteiger partial charge in [-0.05, 0) is 67.9 Å².